The van der Waals surface area contributed by atoms with Crippen molar-refractivity contribution in [2.75, 3.05) is 11.9 Å². The molecule has 0 aromatic heterocycles. The zero-order valence-electron chi connectivity index (χ0n) is 10.2. The highest BCUT2D eigenvalue weighted by Crippen LogP contribution is 2.51. The first kappa shape index (κ1) is 13.4. The minimum atomic E-state index is -0.456. The maximum absolute atomic E-state index is 10.9. The van der Waals surface area contributed by atoms with Gasteiger partial charge in [-0.05, 0) is 23.8 Å². The Morgan fingerprint density at radius 3 is 2.50 bits per heavy atom. The predicted molar refractivity (Wildman–Crippen MR) is 73.5 cm³/mol. The summed E-state index contributed by atoms with van der Waals surface area (Å²) in [6, 6.07) is 2.79. The number of anilines is 1. The van der Waals surface area contributed by atoms with E-state index in [2.05, 4.69) is 19.2 Å². The van der Waals surface area contributed by atoms with Gasteiger partial charge >= 0.3 is 0 Å². The van der Waals surface area contributed by atoms with Crippen LogP contribution in [-0.4, -0.2) is 11.5 Å². The average molecular weight is 289 g/mol. The maximum Gasteiger partial charge on any atom is 0.293 e. The van der Waals surface area contributed by atoms with Crippen LogP contribution in [0.25, 0.3) is 0 Å². The van der Waals surface area contributed by atoms with E-state index in [0.717, 1.165) is 6.42 Å². The molecule has 0 heterocycles. The second-order valence-corrected chi connectivity index (χ2v) is 6.13. The van der Waals surface area contributed by atoms with Crippen LogP contribution in [-0.2, 0) is 0 Å². The van der Waals surface area contributed by atoms with Crippen LogP contribution in [0.5, 0.6) is 0 Å². The van der Waals surface area contributed by atoms with Gasteiger partial charge in [-0.2, -0.15) is 0 Å². The molecule has 6 heteroatoms. The minimum Gasteiger partial charge on any atom is -0.379 e. The average Bonchev–Trinajstić information content (AvgIpc) is 2.87. The molecule has 1 unspecified atom stereocenters. The van der Waals surface area contributed by atoms with Crippen molar-refractivity contribution in [1.29, 1.82) is 0 Å². The molecule has 4 nitrogen and oxygen atoms in total. The fourth-order valence-corrected chi connectivity index (χ4v) is 2.31. The standard InChI is InChI=1S/C12H14Cl2N2O2/c1-12(2)5-7(12)6-15-10-3-8(13)9(14)4-11(10)16(17)18/h3-4,7,15H,5-6H2,1-2H3. The second kappa shape index (κ2) is 4.59. The van der Waals surface area contributed by atoms with E-state index in [9.17, 15) is 10.1 Å². The van der Waals surface area contributed by atoms with E-state index in [1.54, 1.807) is 0 Å². The summed E-state index contributed by atoms with van der Waals surface area (Å²) in [6.45, 7) is 5.08. The van der Waals surface area contributed by atoms with Crippen LogP contribution in [0.15, 0.2) is 12.1 Å². The van der Waals surface area contributed by atoms with Gasteiger partial charge in [-0.3, -0.25) is 10.1 Å². The van der Waals surface area contributed by atoms with Crippen LogP contribution >= 0.6 is 23.2 Å². The number of nitrogens with one attached hydrogen (secondary N) is 1. The number of nitro benzene ring substituents is 1. The Balaban J connectivity index is 2.16. The number of benzene rings is 1. The monoisotopic (exact) mass is 288 g/mol. The molecule has 0 amide bonds. The van der Waals surface area contributed by atoms with Gasteiger partial charge in [0.05, 0.1) is 15.0 Å². The van der Waals surface area contributed by atoms with Crippen LogP contribution in [0.2, 0.25) is 10.0 Å². The largest absolute Gasteiger partial charge is 0.379 e. The number of rotatable bonds is 4. The molecule has 1 fully saturated rings. The summed E-state index contributed by atoms with van der Waals surface area (Å²) in [4.78, 5) is 10.5. The Hall–Kier alpha value is -1.00. The molecule has 1 aromatic carbocycles. The van der Waals surface area contributed by atoms with E-state index in [1.165, 1.54) is 12.1 Å². The Bertz CT molecular complexity index is 503. The fraction of sp³-hybridized carbons (Fsp3) is 0.500. The second-order valence-electron chi connectivity index (χ2n) is 5.31. The summed E-state index contributed by atoms with van der Waals surface area (Å²) in [5.74, 6) is 0.548. The van der Waals surface area contributed by atoms with E-state index in [-0.39, 0.29) is 10.7 Å². The molecular formula is C12H14Cl2N2O2. The third-order valence-electron chi connectivity index (χ3n) is 3.49. The molecule has 0 bridgehead atoms. The fourth-order valence-electron chi connectivity index (χ4n) is 1.99. The molecule has 98 valence electrons. The highest BCUT2D eigenvalue weighted by Gasteiger charge is 2.45. The van der Waals surface area contributed by atoms with Gasteiger partial charge in [0.15, 0.2) is 0 Å². The highest BCUT2D eigenvalue weighted by atomic mass is 35.5. The van der Waals surface area contributed by atoms with Gasteiger partial charge < -0.3 is 5.32 Å². The van der Waals surface area contributed by atoms with E-state index in [4.69, 9.17) is 23.2 Å². The minimum absolute atomic E-state index is 0.0390. The van der Waals surface area contributed by atoms with Crippen LogP contribution < -0.4 is 5.32 Å². The third kappa shape index (κ3) is 2.70. The lowest BCUT2D eigenvalue weighted by atomic mass is 10.1. The van der Waals surface area contributed by atoms with E-state index < -0.39 is 4.92 Å². The number of hydrogen-bond donors (Lipinski definition) is 1. The van der Waals surface area contributed by atoms with Crippen LogP contribution in [0.4, 0.5) is 11.4 Å². The summed E-state index contributed by atoms with van der Waals surface area (Å²) in [5.41, 5.74) is 0.720. The molecule has 1 aromatic rings. The van der Waals surface area contributed by atoms with Gasteiger partial charge in [-0.15, -0.1) is 0 Å². The first-order valence-corrected chi connectivity index (χ1v) is 6.44. The summed E-state index contributed by atoms with van der Waals surface area (Å²) >= 11 is 11.7. The first-order chi connectivity index (χ1) is 8.31. The number of nitro groups is 1. The number of nitrogens with zero attached hydrogens (tertiary/aromatic N) is 1. The summed E-state index contributed by atoms with van der Waals surface area (Å²) < 4.78 is 0. The highest BCUT2D eigenvalue weighted by molar-refractivity contribution is 6.42. The topological polar surface area (TPSA) is 55.2 Å². The molecule has 1 N–H and O–H groups in total. The zero-order valence-corrected chi connectivity index (χ0v) is 11.7. The van der Waals surface area contributed by atoms with Crippen LogP contribution in [0.1, 0.15) is 20.3 Å². The molecule has 0 spiro atoms. The lowest BCUT2D eigenvalue weighted by Crippen LogP contribution is -2.08. The Morgan fingerprint density at radius 1 is 1.44 bits per heavy atom. The molecule has 0 radical (unpaired) electrons. The first-order valence-electron chi connectivity index (χ1n) is 5.68. The van der Waals surface area contributed by atoms with Crippen molar-refractivity contribution in [3.05, 3.63) is 32.3 Å². The van der Waals surface area contributed by atoms with Crippen molar-refractivity contribution < 1.29 is 4.92 Å². The van der Waals surface area contributed by atoms with E-state index in [1.807, 2.05) is 0 Å². The van der Waals surface area contributed by atoms with Crippen molar-refractivity contribution in [3.8, 4) is 0 Å². The van der Waals surface area contributed by atoms with Crippen molar-refractivity contribution >= 4 is 34.6 Å². The van der Waals surface area contributed by atoms with Crippen molar-refractivity contribution in [2.45, 2.75) is 20.3 Å². The smallest absolute Gasteiger partial charge is 0.293 e. The predicted octanol–water partition coefficient (Wildman–Crippen LogP) is 4.36. The summed E-state index contributed by atoms with van der Waals surface area (Å²) in [6.07, 6.45) is 1.13. The molecule has 1 aliphatic carbocycles. The van der Waals surface area contributed by atoms with Gasteiger partial charge in [0, 0.05) is 12.6 Å². The van der Waals surface area contributed by atoms with E-state index >= 15 is 0 Å². The van der Waals surface area contributed by atoms with Crippen molar-refractivity contribution in [2.24, 2.45) is 11.3 Å². The molecule has 1 saturated carbocycles. The Kier molecular flexibility index (Phi) is 3.43. The van der Waals surface area contributed by atoms with Gasteiger partial charge in [-0.1, -0.05) is 37.0 Å². The summed E-state index contributed by atoms with van der Waals surface area (Å²) in [5, 5.41) is 14.5. The van der Waals surface area contributed by atoms with Gasteiger partial charge in [-0.25, -0.2) is 0 Å². The van der Waals surface area contributed by atoms with Crippen LogP contribution in [0, 0.1) is 21.4 Å². The SMILES string of the molecule is CC1(C)CC1CNc1cc(Cl)c(Cl)cc1[N+](=O)[O-]. The number of hydrogen-bond acceptors (Lipinski definition) is 3. The summed E-state index contributed by atoms with van der Waals surface area (Å²) in [7, 11) is 0. The Morgan fingerprint density at radius 2 is 2.00 bits per heavy atom. The third-order valence-corrected chi connectivity index (χ3v) is 4.21. The lowest BCUT2D eigenvalue weighted by Gasteiger charge is -2.09. The quantitative estimate of drug-likeness (QED) is 0.661. The molecule has 0 saturated heterocycles. The van der Waals surface area contributed by atoms with Crippen LogP contribution in [0.3, 0.4) is 0 Å². The Labute approximate surface area is 115 Å². The molecule has 1 aliphatic rings. The molecule has 2 rings (SSSR count). The number of halogens is 2. The maximum atomic E-state index is 10.9. The van der Waals surface area contributed by atoms with Crippen molar-refractivity contribution in [3.63, 3.8) is 0 Å². The van der Waals surface area contributed by atoms with Gasteiger partial charge in [0.25, 0.3) is 5.69 Å². The van der Waals surface area contributed by atoms with E-state index in [0.29, 0.717) is 28.6 Å². The molecular weight excluding hydrogens is 275 g/mol. The molecule has 18 heavy (non-hydrogen) atoms. The van der Waals surface area contributed by atoms with Crippen molar-refractivity contribution in [1.82, 2.24) is 0 Å². The normalized spacial score (nSPS) is 20.6. The molecule has 1 atom stereocenters. The van der Waals surface area contributed by atoms with Gasteiger partial charge in [0.1, 0.15) is 5.69 Å². The molecule has 0 aliphatic heterocycles. The van der Waals surface area contributed by atoms with Gasteiger partial charge in [0.2, 0.25) is 0 Å². The lowest BCUT2D eigenvalue weighted by molar-refractivity contribution is -0.383. The zero-order chi connectivity index (χ0) is 13.5.